The van der Waals surface area contributed by atoms with E-state index in [1.165, 1.54) is 0 Å². The number of rotatable bonds is 8. The fourth-order valence-corrected chi connectivity index (χ4v) is 2.55. The third-order valence-electron chi connectivity index (χ3n) is 4.12. The van der Waals surface area contributed by atoms with Crippen LogP contribution in [0.4, 0.5) is 5.82 Å². The number of carbonyl (C=O) groups is 2. The molecule has 0 spiro atoms. The molecule has 0 fully saturated rings. The highest BCUT2D eigenvalue weighted by Gasteiger charge is 2.22. The van der Waals surface area contributed by atoms with Gasteiger partial charge in [-0.25, -0.2) is 0 Å². The highest BCUT2D eigenvalue weighted by atomic mass is 16.5. The van der Waals surface area contributed by atoms with Gasteiger partial charge in [-0.15, -0.1) is 10.2 Å². The van der Waals surface area contributed by atoms with E-state index in [2.05, 4.69) is 20.7 Å². The minimum absolute atomic E-state index is 0.0162. The van der Waals surface area contributed by atoms with Crippen LogP contribution >= 0.6 is 0 Å². The van der Waals surface area contributed by atoms with Crippen molar-refractivity contribution in [2.24, 2.45) is 0 Å². The van der Waals surface area contributed by atoms with E-state index in [0.717, 1.165) is 11.1 Å². The van der Waals surface area contributed by atoms with Gasteiger partial charge in [-0.1, -0.05) is 29.8 Å². The highest BCUT2D eigenvalue weighted by Crippen LogP contribution is 2.19. The van der Waals surface area contributed by atoms with E-state index in [0.29, 0.717) is 24.0 Å². The van der Waals surface area contributed by atoms with Crippen LogP contribution in [0.15, 0.2) is 39.3 Å². The Labute approximate surface area is 167 Å². The maximum Gasteiger partial charge on any atom is 0.307 e. The number of hydrogen-bond acceptors (Lipinski definition) is 8. The first-order valence-corrected chi connectivity index (χ1v) is 9.27. The van der Waals surface area contributed by atoms with Crippen molar-refractivity contribution in [3.8, 4) is 11.5 Å². The number of esters is 1. The molecule has 9 heteroatoms. The second-order valence-electron chi connectivity index (χ2n) is 6.57. The Morgan fingerprint density at radius 2 is 1.93 bits per heavy atom. The van der Waals surface area contributed by atoms with E-state index in [1.54, 1.807) is 19.9 Å². The summed E-state index contributed by atoms with van der Waals surface area (Å²) in [7, 11) is 0. The Hall–Kier alpha value is -3.49. The van der Waals surface area contributed by atoms with Gasteiger partial charge in [-0.05, 0) is 32.4 Å². The highest BCUT2D eigenvalue weighted by molar-refractivity contribution is 5.94. The molecule has 0 saturated carbocycles. The van der Waals surface area contributed by atoms with Crippen molar-refractivity contribution < 1.29 is 23.3 Å². The zero-order valence-corrected chi connectivity index (χ0v) is 16.5. The average Bonchev–Trinajstić information content (AvgIpc) is 3.34. The minimum Gasteiger partial charge on any atom is -0.452 e. The molecule has 0 radical (unpaired) electrons. The van der Waals surface area contributed by atoms with E-state index in [-0.39, 0.29) is 18.7 Å². The molecule has 3 rings (SSSR count). The lowest BCUT2D eigenvalue weighted by atomic mass is 10.1. The van der Waals surface area contributed by atoms with Gasteiger partial charge >= 0.3 is 5.97 Å². The SMILES string of the molecule is CC[C@H](OC(=O)CCc1nnc(-c2ccc(C)cc2)o1)C(=O)Nc1cc(C)on1. The van der Waals surface area contributed by atoms with Gasteiger partial charge in [0.15, 0.2) is 11.9 Å². The third-order valence-corrected chi connectivity index (χ3v) is 4.12. The molecule has 152 valence electrons. The minimum atomic E-state index is -0.926. The number of carbonyl (C=O) groups excluding carboxylic acids is 2. The molecule has 0 aliphatic rings. The topological polar surface area (TPSA) is 120 Å². The fraction of sp³-hybridized carbons (Fsp3) is 0.350. The molecule has 0 aliphatic heterocycles. The van der Waals surface area contributed by atoms with Gasteiger partial charge in [-0.3, -0.25) is 9.59 Å². The van der Waals surface area contributed by atoms with Crippen LogP contribution in [0.5, 0.6) is 0 Å². The molecule has 0 bridgehead atoms. The van der Waals surface area contributed by atoms with E-state index < -0.39 is 18.0 Å². The number of aromatic nitrogens is 3. The van der Waals surface area contributed by atoms with Crippen molar-refractivity contribution in [3.05, 3.63) is 47.5 Å². The first kappa shape index (κ1) is 20.2. The number of amides is 1. The maximum absolute atomic E-state index is 12.2. The molecule has 1 aromatic carbocycles. The van der Waals surface area contributed by atoms with Gasteiger partial charge < -0.3 is 19.0 Å². The molecule has 2 aromatic heterocycles. The number of hydrogen-bond donors (Lipinski definition) is 1. The zero-order valence-electron chi connectivity index (χ0n) is 16.5. The summed E-state index contributed by atoms with van der Waals surface area (Å²) in [5, 5.41) is 14.2. The number of benzene rings is 1. The molecule has 1 amide bonds. The number of nitrogens with one attached hydrogen (secondary N) is 1. The predicted octanol–water partition coefficient (Wildman–Crippen LogP) is 3.23. The summed E-state index contributed by atoms with van der Waals surface area (Å²) < 4.78 is 15.8. The summed E-state index contributed by atoms with van der Waals surface area (Å²) in [5.74, 6) is 0.564. The molecular formula is C20H22N4O5. The van der Waals surface area contributed by atoms with Crippen LogP contribution in [-0.4, -0.2) is 33.3 Å². The van der Waals surface area contributed by atoms with Crippen molar-refractivity contribution in [2.75, 3.05) is 5.32 Å². The third kappa shape index (κ3) is 5.50. The first-order chi connectivity index (χ1) is 13.9. The average molecular weight is 398 g/mol. The Kier molecular flexibility index (Phi) is 6.38. The summed E-state index contributed by atoms with van der Waals surface area (Å²) >= 11 is 0. The fourth-order valence-electron chi connectivity index (χ4n) is 2.55. The summed E-state index contributed by atoms with van der Waals surface area (Å²) in [5.41, 5.74) is 1.94. The van der Waals surface area contributed by atoms with Crippen molar-refractivity contribution in [2.45, 2.75) is 46.1 Å². The van der Waals surface area contributed by atoms with Crippen molar-refractivity contribution in [1.82, 2.24) is 15.4 Å². The molecule has 29 heavy (non-hydrogen) atoms. The molecule has 9 nitrogen and oxygen atoms in total. The van der Waals surface area contributed by atoms with Gasteiger partial charge in [0, 0.05) is 18.1 Å². The second-order valence-corrected chi connectivity index (χ2v) is 6.57. The van der Waals surface area contributed by atoms with E-state index in [4.69, 9.17) is 13.7 Å². The first-order valence-electron chi connectivity index (χ1n) is 9.27. The summed E-state index contributed by atoms with van der Waals surface area (Å²) in [6.07, 6.45) is -0.363. The molecule has 1 N–H and O–H groups in total. The normalized spacial score (nSPS) is 11.8. The predicted molar refractivity (Wildman–Crippen MR) is 103 cm³/mol. The number of nitrogens with zero attached hydrogens (tertiary/aromatic N) is 3. The number of anilines is 1. The van der Waals surface area contributed by atoms with E-state index in [1.807, 2.05) is 31.2 Å². The van der Waals surface area contributed by atoms with Crippen LogP contribution in [0.1, 0.15) is 37.0 Å². The molecule has 3 aromatic rings. The van der Waals surface area contributed by atoms with Gasteiger partial charge in [0.1, 0.15) is 5.76 Å². The summed E-state index contributed by atoms with van der Waals surface area (Å²) in [6.45, 7) is 5.45. The molecule has 0 aliphatic carbocycles. The lowest BCUT2D eigenvalue weighted by Crippen LogP contribution is -2.32. The van der Waals surface area contributed by atoms with Crippen molar-refractivity contribution >= 4 is 17.7 Å². The van der Waals surface area contributed by atoms with Crippen LogP contribution < -0.4 is 5.32 Å². The summed E-state index contributed by atoms with van der Waals surface area (Å²) in [4.78, 5) is 24.4. The summed E-state index contributed by atoms with van der Waals surface area (Å²) in [6, 6.07) is 9.26. The van der Waals surface area contributed by atoms with Crippen LogP contribution in [0, 0.1) is 13.8 Å². The molecular weight excluding hydrogens is 376 g/mol. The largest absolute Gasteiger partial charge is 0.452 e. The number of aryl methyl sites for hydroxylation is 3. The Bertz CT molecular complexity index is 977. The van der Waals surface area contributed by atoms with Crippen molar-refractivity contribution in [1.29, 1.82) is 0 Å². The van der Waals surface area contributed by atoms with Gasteiger partial charge in [0.05, 0.1) is 6.42 Å². The lowest BCUT2D eigenvalue weighted by molar-refractivity contribution is -0.154. The Morgan fingerprint density at radius 3 is 2.59 bits per heavy atom. The van der Waals surface area contributed by atoms with Crippen LogP contribution in [0.25, 0.3) is 11.5 Å². The smallest absolute Gasteiger partial charge is 0.307 e. The van der Waals surface area contributed by atoms with E-state index >= 15 is 0 Å². The van der Waals surface area contributed by atoms with Crippen LogP contribution in [0.3, 0.4) is 0 Å². The maximum atomic E-state index is 12.2. The Balaban J connectivity index is 1.50. The Morgan fingerprint density at radius 1 is 1.17 bits per heavy atom. The van der Waals surface area contributed by atoms with Gasteiger partial charge in [-0.2, -0.15) is 0 Å². The standard InChI is InChI=1S/C20H22N4O5/c1-4-15(19(26)21-16-11-13(3)29-24-16)27-18(25)10-9-17-22-23-20(28-17)14-7-5-12(2)6-8-14/h5-8,11,15H,4,9-10H2,1-3H3,(H,21,24,26)/t15-/m0/s1. The molecule has 0 unspecified atom stereocenters. The van der Waals surface area contributed by atoms with E-state index in [9.17, 15) is 9.59 Å². The van der Waals surface area contributed by atoms with Gasteiger partial charge in [0.2, 0.25) is 11.8 Å². The molecule has 1 atom stereocenters. The lowest BCUT2D eigenvalue weighted by Gasteiger charge is -2.14. The molecule has 0 saturated heterocycles. The van der Waals surface area contributed by atoms with Crippen LogP contribution in [-0.2, 0) is 20.7 Å². The number of ether oxygens (including phenoxy) is 1. The quantitative estimate of drug-likeness (QED) is 0.574. The second kappa shape index (κ2) is 9.13. The van der Waals surface area contributed by atoms with Gasteiger partial charge in [0.25, 0.3) is 5.91 Å². The van der Waals surface area contributed by atoms with Crippen molar-refractivity contribution in [3.63, 3.8) is 0 Å². The monoisotopic (exact) mass is 398 g/mol. The molecule has 2 heterocycles. The zero-order chi connectivity index (χ0) is 20.8. The van der Waals surface area contributed by atoms with Crippen LogP contribution in [0.2, 0.25) is 0 Å².